The van der Waals surface area contributed by atoms with Crippen molar-refractivity contribution >= 4 is 50.3 Å². The van der Waals surface area contributed by atoms with Crippen molar-refractivity contribution in [2.45, 2.75) is 75.8 Å². The van der Waals surface area contributed by atoms with Crippen LogP contribution < -0.4 is 21.1 Å². The minimum atomic E-state index is -3.79. The van der Waals surface area contributed by atoms with Gasteiger partial charge in [0.05, 0.1) is 25.0 Å². The van der Waals surface area contributed by atoms with Crippen molar-refractivity contribution in [3.05, 3.63) is 76.7 Å². The molecule has 2 fully saturated rings. The fourth-order valence-electron chi connectivity index (χ4n) is 6.26. The number of aromatic nitrogens is 1. The second kappa shape index (κ2) is 17.5. The summed E-state index contributed by atoms with van der Waals surface area (Å²) in [5, 5.41) is 6.73. The van der Waals surface area contributed by atoms with E-state index in [1.54, 1.807) is 36.4 Å². The summed E-state index contributed by atoms with van der Waals surface area (Å²) >= 11 is 6.04. The molecule has 3 aromatic rings. The number of piperidine rings is 1. The Morgan fingerprint density at radius 2 is 1.86 bits per heavy atom. The van der Waals surface area contributed by atoms with Crippen molar-refractivity contribution in [2.24, 2.45) is 5.73 Å². The summed E-state index contributed by atoms with van der Waals surface area (Å²) in [6.07, 6.45) is 5.69. The van der Waals surface area contributed by atoms with Gasteiger partial charge in [-0.2, -0.15) is 0 Å². The van der Waals surface area contributed by atoms with Gasteiger partial charge in [0, 0.05) is 18.0 Å². The maximum absolute atomic E-state index is 14.2. The molecule has 2 saturated heterocycles. The zero-order chi connectivity index (χ0) is 35.7. The summed E-state index contributed by atoms with van der Waals surface area (Å²) in [5.41, 5.74) is 8.67. The Balaban J connectivity index is 1.39. The Bertz CT molecular complexity index is 1740. The second-order valence-electron chi connectivity index (χ2n) is 12.8. The predicted molar refractivity (Wildman–Crippen MR) is 190 cm³/mol. The second-order valence-corrected chi connectivity index (χ2v) is 15.0. The molecule has 270 valence electrons. The Kier molecular flexibility index (Phi) is 13.2. The third kappa shape index (κ3) is 10.4. The third-order valence-corrected chi connectivity index (χ3v) is 9.84. The smallest absolute Gasteiger partial charge is 0.266 e. The number of carbonyl (C=O) groups excluding carboxylic acids is 3. The normalized spacial score (nSPS) is 19.3. The minimum Gasteiger partial charge on any atom is -0.434 e. The summed E-state index contributed by atoms with van der Waals surface area (Å²) in [7, 11) is -3.79. The Labute approximate surface area is 297 Å². The lowest BCUT2D eigenvalue weighted by Crippen LogP contribution is -2.55. The quantitative estimate of drug-likeness (QED) is 0.0971. The largest absolute Gasteiger partial charge is 0.434 e. The van der Waals surface area contributed by atoms with Gasteiger partial charge in [0.15, 0.2) is 5.58 Å². The van der Waals surface area contributed by atoms with Crippen LogP contribution in [0.2, 0.25) is 5.02 Å². The number of benzene rings is 2. The first-order valence-corrected chi connectivity index (χ1v) is 19.2. The number of ether oxygens (including phenoxy) is 1. The van der Waals surface area contributed by atoms with Gasteiger partial charge in [0.25, 0.3) is 5.89 Å². The number of sulfonamides is 1. The monoisotopic (exact) mass is 728 g/mol. The molecule has 2 aromatic carbocycles. The lowest BCUT2D eigenvalue weighted by atomic mass is 10.0. The first-order valence-electron chi connectivity index (χ1n) is 16.9. The maximum atomic E-state index is 14.2. The number of nitrogens with zero attached hydrogens (tertiary/aromatic N) is 2. The summed E-state index contributed by atoms with van der Waals surface area (Å²) in [6, 6.07) is 11.0. The van der Waals surface area contributed by atoms with Crippen molar-refractivity contribution in [1.82, 2.24) is 25.2 Å². The van der Waals surface area contributed by atoms with E-state index in [9.17, 15) is 22.8 Å². The number of hydrogen-bond acceptors (Lipinski definition) is 10. The number of amides is 2. The van der Waals surface area contributed by atoms with Crippen LogP contribution in [0.25, 0.3) is 11.1 Å². The van der Waals surface area contributed by atoms with Crippen LogP contribution in [0.5, 0.6) is 0 Å². The average Bonchev–Trinajstić information content (AvgIpc) is 3.74. The summed E-state index contributed by atoms with van der Waals surface area (Å²) < 4.78 is 39.3. The Hall–Kier alpha value is -3.66. The number of halogens is 1. The molecule has 2 aliphatic rings. The third-order valence-electron chi connectivity index (χ3n) is 8.87. The van der Waals surface area contributed by atoms with Crippen molar-refractivity contribution in [3.63, 3.8) is 0 Å². The topological polar surface area (TPSA) is 186 Å². The molecular formula is C35H45ClN6O7S. The summed E-state index contributed by atoms with van der Waals surface area (Å²) in [6.45, 7) is 2.28. The molecule has 5 N–H and O–H groups in total. The molecule has 15 heteroatoms. The number of unbranched alkanes of at least 4 members (excludes halogenated alkanes) is 1. The maximum Gasteiger partial charge on any atom is 0.266 e. The molecule has 0 aliphatic carbocycles. The molecule has 0 saturated carbocycles. The molecule has 2 amide bonds. The first-order chi connectivity index (χ1) is 24.0. The number of oxazole rings is 1. The summed E-state index contributed by atoms with van der Waals surface area (Å²) in [5.74, 6) is -1.74. The van der Waals surface area contributed by atoms with Crippen molar-refractivity contribution in [3.8, 4) is 0 Å². The fourth-order valence-corrected chi connectivity index (χ4v) is 7.10. The highest BCUT2D eigenvalue weighted by molar-refractivity contribution is 7.88. The molecule has 4 atom stereocenters. The van der Waals surface area contributed by atoms with Crippen LogP contribution in [-0.4, -0.2) is 92.6 Å². The Morgan fingerprint density at radius 1 is 1.12 bits per heavy atom. The van der Waals surface area contributed by atoms with Gasteiger partial charge < -0.3 is 30.4 Å². The number of nitrogens with one attached hydrogen (secondary N) is 3. The average molecular weight is 729 g/mol. The van der Waals surface area contributed by atoms with Crippen molar-refractivity contribution in [1.29, 1.82) is 0 Å². The number of ketones is 1. The molecule has 3 heterocycles. The zero-order valence-corrected chi connectivity index (χ0v) is 29.7. The minimum absolute atomic E-state index is 0.0455. The van der Waals surface area contributed by atoms with E-state index >= 15 is 0 Å². The molecule has 50 heavy (non-hydrogen) atoms. The number of Topliss-reactive ketones (excluding diaryl/α,β-unsaturated/α-hetero) is 1. The molecule has 5 rings (SSSR count). The van der Waals surface area contributed by atoms with Crippen LogP contribution in [0.4, 0.5) is 0 Å². The molecule has 2 aliphatic heterocycles. The molecule has 1 aromatic heterocycles. The Morgan fingerprint density at radius 3 is 2.56 bits per heavy atom. The number of likely N-dealkylation sites (tertiary alicyclic amines) is 1. The van der Waals surface area contributed by atoms with Gasteiger partial charge in [-0.25, -0.2) is 18.1 Å². The standard InChI is InChI=1S/C35H45ClN6O7S/c1-50(46,47)41-29(14-11-23-15-18-38-19-16-23)35(45)42-21-26(48-22-24-9-12-25(36)13-10-24)20-30(42)33(44)39-28(7-4-5-17-37)32(43)34-40-27-6-2-3-8-31(27)49-34/h2-3,6,8-13,26,28-30,38,41H,4-5,7,14-22,37H2,1H3,(H,39,44)/t26-,28+,29-,30+/m1/s1. The van der Waals surface area contributed by atoms with E-state index in [-0.39, 0.29) is 38.3 Å². The molecule has 0 radical (unpaired) electrons. The van der Waals surface area contributed by atoms with Crippen molar-refractivity contribution in [2.75, 3.05) is 32.4 Å². The molecule has 13 nitrogen and oxygen atoms in total. The number of hydrogen-bond donors (Lipinski definition) is 4. The van der Waals surface area contributed by atoms with E-state index in [1.807, 2.05) is 18.2 Å². The van der Waals surface area contributed by atoms with Crippen LogP contribution in [0.1, 0.15) is 61.2 Å². The highest BCUT2D eigenvalue weighted by atomic mass is 35.5. The SMILES string of the molecule is CS(=O)(=O)N[C@H](CC=C1CCNCC1)C(=O)N1C[C@H](OCc2ccc(Cl)cc2)C[C@H]1C(=O)N[C@@H](CCCCN)C(=O)c1nc2ccccc2o1. The van der Waals surface area contributed by atoms with E-state index < -0.39 is 51.9 Å². The van der Waals surface area contributed by atoms with Crippen molar-refractivity contribution < 1.29 is 32.0 Å². The highest BCUT2D eigenvalue weighted by Gasteiger charge is 2.43. The zero-order valence-electron chi connectivity index (χ0n) is 28.1. The van der Waals surface area contributed by atoms with Gasteiger partial charge in [0.2, 0.25) is 27.6 Å². The van der Waals surface area contributed by atoms with Gasteiger partial charge in [-0.1, -0.05) is 47.5 Å². The lowest BCUT2D eigenvalue weighted by Gasteiger charge is -2.29. The number of fused-ring (bicyclic) bond motifs is 1. The van der Waals surface area contributed by atoms with Gasteiger partial charge in [-0.15, -0.1) is 0 Å². The van der Waals surface area contributed by atoms with E-state index in [4.69, 9.17) is 26.5 Å². The molecule has 0 spiro atoms. The number of nitrogens with two attached hydrogens (primary N) is 1. The fraction of sp³-hybridized carbons (Fsp3) is 0.486. The van der Waals surface area contributed by atoms with Gasteiger partial charge >= 0.3 is 0 Å². The van der Waals surface area contributed by atoms with Crippen LogP contribution in [0.15, 0.2) is 64.6 Å². The van der Waals surface area contributed by atoms with E-state index in [0.29, 0.717) is 35.5 Å². The lowest BCUT2D eigenvalue weighted by molar-refractivity contribution is -0.140. The van der Waals surface area contributed by atoms with E-state index in [2.05, 4.69) is 20.3 Å². The van der Waals surface area contributed by atoms with Crippen LogP contribution >= 0.6 is 11.6 Å². The van der Waals surface area contributed by atoms with Crippen LogP contribution in [0, 0.1) is 0 Å². The van der Waals surface area contributed by atoms with E-state index in [1.165, 1.54) is 4.90 Å². The number of rotatable bonds is 16. The molecular weight excluding hydrogens is 684 g/mol. The van der Waals surface area contributed by atoms with E-state index in [0.717, 1.165) is 43.3 Å². The van der Waals surface area contributed by atoms with Crippen LogP contribution in [0.3, 0.4) is 0 Å². The van der Waals surface area contributed by atoms with Gasteiger partial charge in [-0.05, 0) is 88.0 Å². The van der Waals surface area contributed by atoms with Crippen LogP contribution in [-0.2, 0) is 31.0 Å². The molecule has 0 bridgehead atoms. The predicted octanol–water partition coefficient (Wildman–Crippen LogP) is 3.08. The van der Waals surface area contributed by atoms with Gasteiger partial charge in [0.1, 0.15) is 17.6 Å². The summed E-state index contributed by atoms with van der Waals surface area (Å²) in [4.78, 5) is 47.8. The first kappa shape index (κ1) is 37.6. The van der Waals surface area contributed by atoms with Gasteiger partial charge in [-0.3, -0.25) is 14.4 Å². The number of carbonyl (C=O) groups is 3. The number of para-hydroxylation sites is 2. The highest BCUT2D eigenvalue weighted by Crippen LogP contribution is 2.26. The molecule has 0 unspecified atom stereocenters.